The highest BCUT2D eigenvalue weighted by atomic mass is 16.6. The van der Waals surface area contributed by atoms with Crippen molar-refractivity contribution in [3.8, 4) is 0 Å². The summed E-state index contributed by atoms with van der Waals surface area (Å²) < 4.78 is 5.46. The first-order chi connectivity index (χ1) is 9.67. The molecule has 3 heterocycles. The van der Waals surface area contributed by atoms with Crippen LogP contribution >= 0.6 is 0 Å². The van der Waals surface area contributed by atoms with E-state index in [-0.39, 0.29) is 6.61 Å². The van der Waals surface area contributed by atoms with Crippen molar-refractivity contribution < 1.29 is 20.1 Å². The standard InChI is InChI=1S/C11H15N5O4/c1-12-11-7-5(13-3-14-11)6(15-16-7)10-9(19)8(18)4(2-17)20-10/h3-4,6,8-10,17-19H,2H2,1H3,(H,12,13,14). The van der Waals surface area contributed by atoms with Crippen LogP contribution in [0.5, 0.6) is 0 Å². The van der Waals surface area contributed by atoms with Gasteiger partial charge in [0.15, 0.2) is 11.5 Å². The van der Waals surface area contributed by atoms with Gasteiger partial charge in [0.25, 0.3) is 0 Å². The van der Waals surface area contributed by atoms with Crippen molar-refractivity contribution in [2.75, 3.05) is 19.0 Å². The third-order valence-electron chi connectivity index (χ3n) is 3.54. The van der Waals surface area contributed by atoms with Crippen LogP contribution in [-0.4, -0.2) is 63.4 Å². The molecule has 0 aliphatic carbocycles. The van der Waals surface area contributed by atoms with Gasteiger partial charge in [0.05, 0.1) is 6.61 Å². The lowest BCUT2D eigenvalue weighted by Gasteiger charge is -2.18. The van der Waals surface area contributed by atoms with Gasteiger partial charge in [-0.15, -0.1) is 5.11 Å². The second-order valence-electron chi connectivity index (χ2n) is 4.67. The van der Waals surface area contributed by atoms with Gasteiger partial charge >= 0.3 is 0 Å². The number of hydrogen-bond acceptors (Lipinski definition) is 9. The van der Waals surface area contributed by atoms with Crippen LogP contribution in [0.3, 0.4) is 0 Å². The number of nitrogens with one attached hydrogen (secondary N) is 1. The number of aliphatic hydroxyl groups is 3. The molecule has 5 unspecified atom stereocenters. The summed E-state index contributed by atoms with van der Waals surface area (Å²) in [5.74, 6) is 0.535. The lowest BCUT2D eigenvalue weighted by Crippen LogP contribution is -2.35. The molecule has 4 N–H and O–H groups in total. The SMILES string of the molecule is CNc1ncnc2c1N=NC2C1OC(CO)C(O)C1O. The van der Waals surface area contributed by atoms with Crippen molar-refractivity contribution in [3.63, 3.8) is 0 Å². The zero-order valence-electron chi connectivity index (χ0n) is 10.7. The van der Waals surface area contributed by atoms with E-state index < -0.39 is 30.5 Å². The van der Waals surface area contributed by atoms with E-state index in [1.165, 1.54) is 6.33 Å². The quantitative estimate of drug-likeness (QED) is 0.566. The van der Waals surface area contributed by atoms with E-state index in [9.17, 15) is 10.2 Å². The van der Waals surface area contributed by atoms with Gasteiger partial charge in [0.1, 0.15) is 42.5 Å². The second kappa shape index (κ2) is 5.02. The summed E-state index contributed by atoms with van der Waals surface area (Å²) in [7, 11) is 1.71. The monoisotopic (exact) mass is 281 g/mol. The molecule has 0 aromatic carbocycles. The lowest BCUT2D eigenvalue weighted by atomic mass is 10.00. The number of rotatable bonds is 3. The summed E-state index contributed by atoms with van der Waals surface area (Å²) in [6.45, 7) is -0.378. The molecular weight excluding hydrogens is 266 g/mol. The average molecular weight is 281 g/mol. The van der Waals surface area contributed by atoms with Gasteiger partial charge < -0.3 is 25.4 Å². The van der Waals surface area contributed by atoms with Gasteiger partial charge in [0.2, 0.25) is 0 Å². The molecule has 20 heavy (non-hydrogen) atoms. The minimum Gasteiger partial charge on any atom is -0.394 e. The third kappa shape index (κ3) is 1.86. The van der Waals surface area contributed by atoms with Gasteiger partial charge in [-0.05, 0) is 0 Å². The fourth-order valence-corrected chi connectivity index (χ4v) is 2.48. The normalized spacial score (nSPS) is 35.3. The maximum absolute atomic E-state index is 10.0. The zero-order valence-corrected chi connectivity index (χ0v) is 10.7. The summed E-state index contributed by atoms with van der Waals surface area (Å²) in [6, 6.07) is -0.624. The summed E-state index contributed by atoms with van der Waals surface area (Å²) in [5.41, 5.74) is 1.02. The van der Waals surface area contributed by atoms with Gasteiger partial charge in [0, 0.05) is 7.05 Å². The van der Waals surface area contributed by atoms with Crippen LogP contribution < -0.4 is 5.32 Å². The molecule has 108 valence electrons. The highest BCUT2D eigenvalue weighted by molar-refractivity contribution is 5.64. The Kier molecular flexibility index (Phi) is 3.34. The Bertz CT molecular complexity index is 540. The fourth-order valence-electron chi connectivity index (χ4n) is 2.48. The Hall–Kier alpha value is -1.68. The molecule has 2 aliphatic heterocycles. The van der Waals surface area contributed by atoms with Crippen LogP contribution in [0.2, 0.25) is 0 Å². The fraction of sp³-hybridized carbons (Fsp3) is 0.636. The first kappa shape index (κ1) is 13.3. The van der Waals surface area contributed by atoms with Crippen molar-refractivity contribution >= 4 is 11.5 Å². The summed E-state index contributed by atoms with van der Waals surface area (Å²) >= 11 is 0. The molecule has 9 heteroatoms. The van der Waals surface area contributed by atoms with Crippen LogP contribution in [-0.2, 0) is 4.74 Å². The minimum absolute atomic E-state index is 0.378. The Morgan fingerprint density at radius 3 is 2.75 bits per heavy atom. The molecule has 0 saturated carbocycles. The van der Waals surface area contributed by atoms with Gasteiger partial charge in [-0.25, -0.2) is 9.97 Å². The van der Waals surface area contributed by atoms with Crippen LogP contribution in [0.25, 0.3) is 0 Å². The molecule has 1 aromatic heterocycles. The first-order valence-electron chi connectivity index (χ1n) is 6.23. The molecule has 0 radical (unpaired) electrons. The summed E-state index contributed by atoms with van der Waals surface area (Å²) in [5, 5.41) is 39.9. The van der Waals surface area contributed by atoms with E-state index in [1.54, 1.807) is 7.05 Å². The lowest BCUT2D eigenvalue weighted by molar-refractivity contribution is -0.0299. The van der Waals surface area contributed by atoms with E-state index in [2.05, 4.69) is 25.5 Å². The number of fused-ring (bicyclic) bond motifs is 1. The maximum Gasteiger partial charge on any atom is 0.157 e. The topological polar surface area (TPSA) is 132 Å². The molecular formula is C11H15N5O4. The molecule has 0 amide bonds. The van der Waals surface area contributed by atoms with Gasteiger partial charge in [-0.1, -0.05) is 0 Å². The largest absolute Gasteiger partial charge is 0.394 e. The minimum atomic E-state index is -1.16. The molecule has 3 rings (SSSR count). The molecule has 0 bridgehead atoms. The molecule has 2 aliphatic rings. The molecule has 1 saturated heterocycles. The van der Waals surface area contributed by atoms with E-state index >= 15 is 0 Å². The molecule has 1 fully saturated rings. The van der Waals surface area contributed by atoms with E-state index in [1.807, 2.05) is 0 Å². The van der Waals surface area contributed by atoms with Crippen LogP contribution in [0, 0.1) is 0 Å². The van der Waals surface area contributed by atoms with Gasteiger partial charge in [-0.2, -0.15) is 5.11 Å². The van der Waals surface area contributed by atoms with Crippen LogP contribution in [0.1, 0.15) is 11.7 Å². The van der Waals surface area contributed by atoms with Crippen molar-refractivity contribution in [2.24, 2.45) is 10.2 Å². The molecule has 5 atom stereocenters. The highest BCUT2D eigenvalue weighted by Crippen LogP contribution is 2.43. The van der Waals surface area contributed by atoms with E-state index in [4.69, 9.17) is 9.84 Å². The summed E-state index contributed by atoms with van der Waals surface area (Å²) in [6.07, 6.45) is -2.58. The van der Waals surface area contributed by atoms with Crippen molar-refractivity contribution in [1.82, 2.24) is 9.97 Å². The molecule has 1 aromatic rings. The predicted molar refractivity (Wildman–Crippen MR) is 66.6 cm³/mol. The van der Waals surface area contributed by atoms with Crippen molar-refractivity contribution in [1.29, 1.82) is 0 Å². The Balaban J connectivity index is 1.91. The van der Waals surface area contributed by atoms with E-state index in [0.717, 1.165) is 0 Å². The van der Waals surface area contributed by atoms with Crippen molar-refractivity contribution in [2.45, 2.75) is 30.5 Å². The number of ether oxygens (including phenoxy) is 1. The molecule has 9 nitrogen and oxygen atoms in total. The predicted octanol–water partition coefficient (Wildman–Crippen LogP) is -0.862. The second-order valence-corrected chi connectivity index (χ2v) is 4.67. The Morgan fingerprint density at radius 2 is 2.10 bits per heavy atom. The number of azo groups is 1. The summed E-state index contributed by atoms with van der Waals surface area (Å²) in [4.78, 5) is 8.16. The van der Waals surface area contributed by atoms with Crippen LogP contribution in [0.4, 0.5) is 11.5 Å². The number of aromatic nitrogens is 2. The van der Waals surface area contributed by atoms with Gasteiger partial charge in [-0.3, -0.25) is 0 Å². The maximum atomic E-state index is 10.0. The van der Waals surface area contributed by atoms with Crippen LogP contribution in [0.15, 0.2) is 16.6 Å². The Morgan fingerprint density at radius 1 is 1.30 bits per heavy atom. The smallest absolute Gasteiger partial charge is 0.157 e. The van der Waals surface area contributed by atoms with E-state index in [0.29, 0.717) is 17.2 Å². The zero-order chi connectivity index (χ0) is 14.3. The number of nitrogens with zero attached hydrogens (tertiary/aromatic N) is 4. The average Bonchev–Trinajstić information content (AvgIpc) is 3.01. The third-order valence-corrected chi connectivity index (χ3v) is 3.54. The highest BCUT2D eigenvalue weighted by Gasteiger charge is 2.48. The number of anilines is 1. The Labute approximate surface area is 114 Å². The van der Waals surface area contributed by atoms with Crippen molar-refractivity contribution in [3.05, 3.63) is 12.0 Å². The molecule has 0 spiro atoms. The number of aliphatic hydroxyl groups excluding tert-OH is 3. The number of hydrogen-bond donors (Lipinski definition) is 4. The first-order valence-corrected chi connectivity index (χ1v) is 6.23.